The minimum Gasteiger partial charge on any atom is -0.465 e. The Morgan fingerprint density at radius 2 is 1.18 bits per heavy atom. The van der Waals surface area contributed by atoms with Crippen LogP contribution in [-0.4, -0.2) is 175 Å². The van der Waals surface area contributed by atoms with Crippen LogP contribution in [0.3, 0.4) is 0 Å². The smallest absolute Gasteiger partial charge is 0.412 e. The molecule has 6 fully saturated rings. The van der Waals surface area contributed by atoms with Crippen molar-refractivity contribution in [2.24, 2.45) is 0 Å². The summed E-state index contributed by atoms with van der Waals surface area (Å²) in [6, 6.07) is 12.4. The fraction of sp³-hybridized carbons (Fsp3) is 0.667. The monoisotopic (exact) mass is 1180 g/mol. The molecule has 6 saturated heterocycles. The normalized spacial score (nSPS) is 31.0. The highest BCUT2D eigenvalue weighted by molar-refractivity contribution is 5.88. The molecular formula is C63H84F2N10O10. The molecule has 2 aromatic heterocycles. The summed E-state index contributed by atoms with van der Waals surface area (Å²) in [4.78, 5) is 42.7. The molecule has 0 unspecified atom stereocenters. The first-order chi connectivity index (χ1) is 40.9. The van der Waals surface area contributed by atoms with Gasteiger partial charge in [0.1, 0.15) is 48.4 Å². The quantitative estimate of drug-likeness (QED) is 0.151. The molecule has 0 saturated carbocycles. The van der Waals surface area contributed by atoms with Crippen molar-refractivity contribution in [3.05, 3.63) is 81.2 Å². The number of anilines is 4. The summed E-state index contributed by atoms with van der Waals surface area (Å²) in [6.45, 7) is 20.4. The van der Waals surface area contributed by atoms with E-state index in [0.717, 1.165) is 134 Å². The Morgan fingerprint density at radius 1 is 0.682 bits per heavy atom. The molecule has 10 aliphatic rings. The van der Waals surface area contributed by atoms with E-state index in [2.05, 4.69) is 26.5 Å². The van der Waals surface area contributed by atoms with Gasteiger partial charge in [-0.2, -0.15) is 19.9 Å². The van der Waals surface area contributed by atoms with E-state index in [9.17, 15) is 18.7 Å². The van der Waals surface area contributed by atoms with Crippen LogP contribution in [0, 0.1) is 0 Å². The molecule has 10 aliphatic heterocycles. The number of alkyl halides is 2. The molecule has 8 atom stereocenters. The molecule has 0 bridgehead atoms. The summed E-state index contributed by atoms with van der Waals surface area (Å²) in [5.74, 6) is 1.64. The highest BCUT2D eigenvalue weighted by atomic mass is 19.1. The van der Waals surface area contributed by atoms with E-state index in [1.165, 1.54) is 4.90 Å². The van der Waals surface area contributed by atoms with Gasteiger partial charge in [-0.1, -0.05) is 12.1 Å². The Hall–Kier alpha value is -5.59. The Balaban J connectivity index is 0.000000160. The van der Waals surface area contributed by atoms with Crippen molar-refractivity contribution in [1.29, 1.82) is 0 Å². The van der Waals surface area contributed by atoms with Gasteiger partial charge < -0.3 is 58.5 Å². The molecule has 20 nitrogen and oxygen atoms in total. The Labute approximate surface area is 496 Å². The third-order valence-corrected chi connectivity index (χ3v) is 19.7. The number of hydrogen-bond acceptors (Lipinski definition) is 18. The lowest BCUT2D eigenvalue weighted by atomic mass is 9.80. The summed E-state index contributed by atoms with van der Waals surface area (Å²) in [6.07, 6.45) is 4.82. The molecule has 460 valence electrons. The van der Waals surface area contributed by atoms with Gasteiger partial charge in [-0.15, -0.1) is 0 Å². The molecule has 12 heterocycles. The second-order valence-electron chi connectivity index (χ2n) is 26.4. The van der Waals surface area contributed by atoms with Crippen molar-refractivity contribution < 1.29 is 56.6 Å². The van der Waals surface area contributed by atoms with Gasteiger partial charge in [-0.25, -0.2) is 13.6 Å². The minimum atomic E-state index is -1.02. The largest absolute Gasteiger partial charge is 0.465 e. The molecule has 0 aliphatic carbocycles. The zero-order valence-corrected chi connectivity index (χ0v) is 50.1. The maximum Gasteiger partial charge on any atom is 0.412 e. The molecule has 22 heteroatoms. The van der Waals surface area contributed by atoms with Crippen LogP contribution < -0.4 is 29.9 Å². The fourth-order valence-corrected chi connectivity index (χ4v) is 15.4. The number of carbonyl (C=O) groups is 1. The number of benzene rings is 2. The SMILES string of the molecule is C[C@@H]1OC[C@]2(Cc3nc(OC[C@@]45CCCN4C[C@H](F)C5)nc(N4CCCOCC4)c3CO2)c2cc(N(C(=O)O)C(C)(C)C)ccc21.C[C@@H]1OC[C@]2(Cc3nc(OC[C@@]45CCCN4C[C@H](F)C5)nc(N4CCCOCC4)c3CO2)c2cc(N)ccc21. The van der Waals surface area contributed by atoms with Crippen LogP contribution in [0.5, 0.6) is 12.0 Å². The van der Waals surface area contributed by atoms with E-state index in [1.807, 2.05) is 64.1 Å². The highest BCUT2D eigenvalue weighted by Gasteiger charge is 2.52. The van der Waals surface area contributed by atoms with Crippen LogP contribution in [0.15, 0.2) is 36.4 Å². The zero-order valence-electron chi connectivity index (χ0n) is 50.1. The number of rotatable bonds is 9. The molecule has 4 aromatic rings. The molecular weight excluding hydrogens is 1090 g/mol. The van der Waals surface area contributed by atoms with Crippen LogP contribution >= 0.6 is 0 Å². The molecule has 14 rings (SSSR count). The first kappa shape index (κ1) is 58.4. The van der Waals surface area contributed by atoms with Crippen molar-refractivity contribution in [2.75, 3.05) is 126 Å². The number of halogens is 2. The van der Waals surface area contributed by atoms with Gasteiger partial charge in [0.25, 0.3) is 0 Å². The maximum absolute atomic E-state index is 14.5. The number of amides is 1. The van der Waals surface area contributed by atoms with Gasteiger partial charge in [-0.3, -0.25) is 14.7 Å². The predicted octanol–water partition coefficient (Wildman–Crippen LogP) is 8.30. The number of ether oxygens (including phenoxy) is 8. The topological polar surface area (TPSA) is 205 Å². The number of nitrogens with two attached hydrogens (primary N) is 1. The zero-order chi connectivity index (χ0) is 58.9. The third-order valence-electron chi connectivity index (χ3n) is 19.7. The number of carboxylic acid groups (broad SMARTS) is 1. The summed E-state index contributed by atoms with van der Waals surface area (Å²) in [5, 5.41) is 10.2. The van der Waals surface area contributed by atoms with Crippen molar-refractivity contribution >= 4 is 29.1 Å². The molecule has 2 spiro atoms. The summed E-state index contributed by atoms with van der Waals surface area (Å²) in [7, 11) is 0. The standard InChI is InChI=1S/C34H46FN5O6.C29H38FN5O4/c1-22-25-8-7-24(40(31(41)42)32(2,3)4)15-27(25)34(21-44-22)17-28-26(19-46-34)29(38-10-6-13-43-14-12-38)37-30(36-28)45-20-33-9-5-11-39(33)18-23(35)16-33;1-19-22-5-4-21(31)12-24(22)29(18-37-19)14-25-23(16-39-29)26(34-7-3-10-36-11-9-34)33-27(32-25)38-17-28-6-2-8-35(28)15-20(30)13-28/h7-8,15,22-23H,5-6,9-14,16-21H2,1-4H3,(H,41,42);4-5,12,19-20H,2-3,6-11,13-18,31H2,1H3/t22-,23+,33-,34+;19-,20+,28-,29+/m00/s1. The Bertz CT molecular complexity index is 3130. The second kappa shape index (κ2) is 23.2. The number of fused-ring (bicyclic) bond motifs is 8. The van der Waals surface area contributed by atoms with Crippen LogP contribution in [0.25, 0.3) is 0 Å². The fourth-order valence-electron chi connectivity index (χ4n) is 15.4. The molecule has 3 N–H and O–H groups in total. The molecule has 85 heavy (non-hydrogen) atoms. The predicted molar refractivity (Wildman–Crippen MR) is 313 cm³/mol. The minimum absolute atomic E-state index is 0.0347. The van der Waals surface area contributed by atoms with Crippen LogP contribution in [0.4, 0.5) is 36.6 Å². The lowest BCUT2D eigenvalue weighted by Crippen LogP contribution is -2.47. The van der Waals surface area contributed by atoms with Crippen LogP contribution in [-0.2, 0) is 65.7 Å². The summed E-state index contributed by atoms with van der Waals surface area (Å²) < 4.78 is 79.1. The number of hydrogen-bond donors (Lipinski definition) is 2. The lowest BCUT2D eigenvalue weighted by Gasteiger charge is -2.45. The number of aromatic nitrogens is 4. The second-order valence-corrected chi connectivity index (χ2v) is 26.4. The van der Waals surface area contributed by atoms with Crippen LogP contribution in [0.1, 0.15) is 143 Å². The van der Waals surface area contributed by atoms with Gasteiger partial charge in [0, 0.05) is 106 Å². The van der Waals surface area contributed by atoms with E-state index in [1.54, 1.807) is 0 Å². The van der Waals surface area contributed by atoms with E-state index in [4.69, 9.17) is 63.6 Å². The lowest BCUT2D eigenvalue weighted by molar-refractivity contribution is -0.148. The number of nitrogens with zero attached hydrogens (tertiary/aromatic N) is 9. The van der Waals surface area contributed by atoms with E-state index >= 15 is 0 Å². The summed E-state index contributed by atoms with van der Waals surface area (Å²) >= 11 is 0. The Morgan fingerprint density at radius 3 is 1.67 bits per heavy atom. The van der Waals surface area contributed by atoms with Gasteiger partial charge >= 0.3 is 18.1 Å². The third kappa shape index (κ3) is 11.2. The van der Waals surface area contributed by atoms with Gasteiger partial charge in [0.15, 0.2) is 0 Å². The Kier molecular flexibility index (Phi) is 15.9. The highest BCUT2D eigenvalue weighted by Crippen LogP contribution is 2.50. The molecule has 2 aromatic carbocycles. The van der Waals surface area contributed by atoms with E-state index in [0.29, 0.717) is 122 Å². The maximum atomic E-state index is 14.5. The molecule has 0 radical (unpaired) electrons. The van der Waals surface area contributed by atoms with Crippen molar-refractivity contribution in [2.45, 2.75) is 164 Å². The summed E-state index contributed by atoms with van der Waals surface area (Å²) in [5.41, 5.74) is 12.4. The van der Waals surface area contributed by atoms with Gasteiger partial charge in [0.2, 0.25) is 0 Å². The average Bonchev–Trinajstić information content (AvgIpc) is 1.85. The first-order valence-corrected chi connectivity index (χ1v) is 31.0. The first-order valence-electron chi connectivity index (χ1n) is 31.0. The average molecular weight is 1180 g/mol. The van der Waals surface area contributed by atoms with Crippen molar-refractivity contribution in [3.8, 4) is 12.0 Å². The van der Waals surface area contributed by atoms with E-state index in [-0.39, 0.29) is 29.9 Å². The molecule has 1 amide bonds. The van der Waals surface area contributed by atoms with Crippen molar-refractivity contribution in [1.82, 2.24) is 29.7 Å². The van der Waals surface area contributed by atoms with Gasteiger partial charge in [0.05, 0.1) is 74.3 Å². The van der Waals surface area contributed by atoms with Crippen LogP contribution in [0.2, 0.25) is 0 Å². The van der Waals surface area contributed by atoms with E-state index < -0.39 is 35.2 Å². The van der Waals surface area contributed by atoms with Crippen molar-refractivity contribution in [3.63, 3.8) is 0 Å². The number of nitrogen functional groups attached to an aromatic ring is 1. The van der Waals surface area contributed by atoms with Gasteiger partial charge in [-0.05, 0) is 133 Å².